The van der Waals surface area contributed by atoms with Gasteiger partial charge in [-0.1, -0.05) is 13.0 Å². The van der Waals surface area contributed by atoms with Crippen LogP contribution in [-0.2, 0) is 0 Å². The molecule has 4 nitrogen and oxygen atoms in total. The standard InChI is InChI=1S/C17H26N4/c1-3-9-21-10-7-14(8-11-21)13(2)19-16-5-4-6-17-15(16)12-18-20-17/h4-6,12-14,19H,3,7-11H2,1-2H3,(H,18,20). The van der Waals surface area contributed by atoms with Gasteiger partial charge in [0.2, 0.25) is 0 Å². The summed E-state index contributed by atoms with van der Waals surface area (Å²) in [6.07, 6.45) is 5.78. The number of anilines is 1. The van der Waals surface area contributed by atoms with E-state index in [-0.39, 0.29) is 0 Å². The van der Waals surface area contributed by atoms with Crippen molar-refractivity contribution in [2.75, 3.05) is 25.0 Å². The number of H-pyrrole nitrogens is 1. The molecule has 1 unspecified atom stereocenters. The highest BCUT2D eigenvalue weighted by molar-refractivity contribution is 5.90. The third-order valence-electron chi connectivity index (χ3n) is 4.75. The predicted octanol–water partition coefficient (Wildman–Crippen LogP) is 3.49. The SMILES string of the molecule is CCCN1CCC(C(C)Nc2cccc3[nH]ncc23)CC1. The number of likely N-dealkylation sites (tertiary alicyclic amines) is 1. The monoisotopic (exact) mass is 286 g/mol. The summed E-state index contributed by atoms with van der Waals surface area (Å²) in [6, 6.07) is 6.82. The van der Waals surface area contributed by atoms with Crippen molar-refractivity contribution in [3.8, 4) is 0 Å². The van der Waals surface area contributed by atoms with Crippen molar-refractivity contribution < 1.29 is 0 Å². The number of hydrogen-bond acceptors (Lipinski definition) is 3. The number of nitrogens with zero attached hydrogens (tertiary/aromatic N) is 2. The van der Waals surface area contributed by atoms with Crippen LogP contribution in [-0.4, -0.2) is 40.8 Å². The predicted molar refractivity (Wildman–Crippen MR) is 88.6 cm³/mol. The lowest BCUT2D eigenvalue weighted by Gasteiger charge is -2.35. The van der Waals surface area contributed by atoms with Crippen LogP contribution in [0, 0.1) is 5.92 Å². The molecule has 0 saturated carbocycles. The van der Waals surface area contributed by atoms with Crippen molar-refractivity contribution in [3.05, 3.63) is 24.4 Å². The van der Waals surface area contributed by atoms with Crippen LogP contribution < -0.4 is 5.32 Å². The zero-order chi connectivity index (χ0) is 14.7. The summed E-state index contributed by atoms with van der Waals surface area (Å²) in [4.78, 5) is 2.60. The Hall–Kier alpha value is -1.55. The summed E-state index contributed by atoms with van der Waals surface area (Å²) in [5, 5.41) is 12.1. The molecule has 1 saturated heterocycles. The van der Waals surface area contributed by atoms with Gasteiger partial charge in [0.15, 0.2) is 0 Å². The number of piperidine rings is 1. The van der Waals surface area contributed by atoms with Crippen LogP contribution in [0.3, 0.4) is 0 Å². The van der Waals surface area contributed by atoms with Crippen molar-refractivity contribution in [2.45, 2.75) is 39.2 Å². The van der Waals surface area contributed by atoms with Crippen molar-refractivity contribution in [2.24, 2.45) is 5.92 Å². The molecule has 0 radical (unpaired) electrons. The highest BCUT2D eigenvalue weighted by Gasteiger charge is 2.23. The van der Waals surface area contributed by atoms with E-state index >= 15 is 0 Å². The van der Waals surface area contributed by atoms with Gasteiger partial charge in [-0.05, 0) is 63.9 Å². The fourth-order valence-corrected chi connectivity index (χ4v) is 3.45. The molecule has 1 fully saturated rings. The zero-order valence-electron chi connectivity index (χ0n) is 13.1. The molecule has 1 aliphatic rings. The molecule has 2 N–H and O–H groups in total. The van der Waals surface area contributed by atoms with Crippen LogP contribution in [0.4, 0.5) is 5.69 Å². The summed E-state index contributed by atoms with van der Waals surface area (Å²) in [5.74, 6) is 0.764. The first kappa shape index (κ1) is 14.4. The largest absolute Gasteiger partial charge is 0.382 e. The van der Waals surface area contributed by atoms with E-state index in [2.05, 4.69) is 52.5 Å². The van der Waals surface area contributed by atoms with Gasteiger partial charge in [0.25, 0.3) is 0 Å². The highest BCUT2D eigenvalue weighted by atomic mass is 15.1. The Morgan fingerprint density at radius 3 is 2.95 bits per heavy atom. The van der Waals surface area contributed by atoms with Crippen LogP contribution in [0.15, 0.2) is 24.4 Å². The number of aromatic amines is 1. The third-order valence-corrected chi connectivity index (χ3v) is 4.75. The second-order valence-electron chi connectivity index (χ2n) is 6.25. The maximum Gasteiger partial charge on any atom is 0.0671 e. The van der Waals surface area contributed by atoms with Gasteiger partial charge in [0.1, 0.15) is 0 Å². The minimum absolute atomic E-state index is 0.509. The molecule has 0 aliphatic carbocycles. The summed E-state index contributed by atoms with van der Waals surface area (Å²) in [7, 11) is 0. The highest BCUT2D eigenvalue weighted by Crippen LogP contribution is 2.26. The molecule has 1 aromatic heterocycles. The fourth-order valence-electron chi connectivity index (χ4n) is 3.45. The van der Waals surface area contributed by atoms with Crippen LogP contribution in [0.1, 0.15) is 33.1 Å². The molecule has 1 aromatic carbocycles. The van der Waals surface area contributed by atoms with Crippen LogP contribution in [0.5, 0.6) is 0 Å². The van der Waals surface area contributed by atoms with Crippen molar-refractivity contribution in [1.29, 1.82) is 0 Å². The second-order valence-corrected chi connectivity index (χ2v) is 6.25. The first-order chi connectivity index (χ1) is 10.3. The minimum atomic E-state index is 0.509. The van der Waals surface area contributed by atoms with E-state index in [9.17, 15) is 0 Å². The van der Waals surface area contributed by atoms with Gasteiger partial charge in [0, 0.05) is 17.1 Å². The van der Waals surface area contributed by atoms with Crippen LogP contribution >= 0.6 is 0 Å². The van der Waals surface area contributed by atoms with E-state index in [0.717, 1.165) is 11.4 Å². The summed E-state index contributed by atoms with van der Waals surface area (Å²) in [5.41, 5.74) is 2.30. The molecule has 2 aromatic rings. The van der Waals surface area contributed by atoms with E-state index in [1.807, 2.05) is 6.20 Å². The first-order valence-electron chi connectivity index (χ1n) is 8.19. The summed E-state index contributed by atoms with van der Waals surface area (Å²) >= 11 is 0. The van der Waals surface area contributed by atoms with Gasteiger partial charge in [0.05, 0.1) is 11.7 Å². The van der Waals surface area contributed by atoms with Crippen LogP contribution in [0.25, 0.3) is 10.9 Å². The molecule has 4 heteroatoms. The topological polar surface area (TPSA) is 44.0 Å². The van der Waals surface area contributed by atoms with E-state index in [1.54, 1.807) is 0 Å². The van der Waals surface area contributed by atoms with E-state index in [0.29, 0.717) is 6.04 Å². The minimum Gasteiger partial charge on any atom is -0.382 e. The second kappa shape index (κ2) is 6.48. The van der Waals surface area contributed by atoms with Crippen LogP contribution in [0.2, 0.25) is 0 Å². The van der Waals surface area contributed by atoms with Crippen molar-refractivity contribution in [3.63, 3.8) is 0 Å². The Balaban J connectivity index is 1.62. The van der Waals surface area contributed by atoms with Gasteiger partial charge in [-0.2, -0.15) is 5.10 Å². The molecule has 0 spiro atoms. The smallest absolute Gasteiger partial charge is 0.0671 e. The number of rotatable bonds is 5. The Morgan fingerprint density at radius 2 is 2.19 bits per heavy atom. The molecule has 114 valence electrons. The molecule has 21 heavy (non-hydrogen) atoms. The average Bonchev–Trinajstić information content (AvgIpc) is 2.98. The number of aromatic nitrogens is 2. The Kier molecular flexibility index (Phi) is 4.44. The van der Waals surface area contributed by atoms with Crippen molar-refractivity contribution in [1.82, 2.24) is 15.1 Å². The fraction of sp³-hybridized carbons (Fsp3) is 0.588. The number of hydrogen-bond donors (Lipinski definition) is 2. The Bertz CT molecular complexity index is 569. The van der Waals surface area contributed by atoms with E-state index in [4.69, 9.17) is 0 Å². The first-order valence-corrected chi connectivity index (χ1v) is 8.19. The maximum absolute atomic E-state index is 4.14. The molecule has 0 amide bonds. The maximum atomic E-state index is 4.14. The van der Waals surface area contributed by atoms with Gasteiger partial charge < -0.3 is 10.2 Å². The number of benzene rings is 1. The lowest BCUT2D eigenvalue weighted by molar-refractivity contribution is 0.176. The molecule has 1 atom stereocenters. The molecule has 2 heterocycles. The summed E-state index contributed by atoms with van der Waals surface area (Å²) in [6.45, 7) is 8.34. The quantitative estimate of drug-likeness (QED) is 0.884. The average molecular weight is 286 g/mol. The molecular weight excluding hydrogens is 260 g/mol. The molecular formula is C17H26N4. The number of fused-ring (bicyclic) bond motifs is 1. The number of nitrogens with one attached hydrogen (secondary N) is 2. The lowest BCUT2D eigenvalue weighted by Crippen LogP contribution is -2.39. The van der Waals surface area contributed by atoms with Gasteiger partial charge in [-0.15, -0.1) is 0 Å². The van der Waals surface area contributed by atoms with E-state index < -0.39 is 0 Å². The Labute approximate surface area is 126 Å². The summed E-state index contributed by atoms with van der Waals surface area (Å²) < 4.78 is 0. The molecule has 1 aliphatic heterocycles. The van der Waals surface area contributed by atoms with Gasteiger partial charge >= 0.3 is 0 Å². The normalized spacial score (nSPS) is 19.0. The lowest BCUT2D eigenvalue weighted by atomic mass is 9.90. The Morgan fingerprint density at radius 1 is 1.38 bits per heavy atom. The van der Waals surface area contributed by atoms with Gasteiger partial charge in [-0.3, -0.25) is 5.10 Å². The third kappa shape index (κ3) is 3.21. The molecule has 3 rings (SSSR count). The van der Waals surface area contributed by atoms with Gasteiger partial charge in [-0.25, -0.2) is 0 Å². The molecule has 0 bridgehead atoms. The van der Waals surface area contributed by atoms with Crippen molar-refractivity contribution >= 4 is 16.6 Å². The van der Waals surface area contributed by atoms with E-state index in [1.165, 1.54) is 50.0 Å². The zero-order valence-corrected chi connectivity index (χ0v) is 13.1.